The largest absolute Gasteiger partial charge is 0.436 e. The molecule has 0 saturated carbocycles. The van der Waals surface area contributed by atoms with Crippen molar-refractivity contribution in [1.82, 2.24) is 4.98 Å². The highest BCUT2D eigenvalue weighted by Crippen LogP contribution is 2.29. The molecule has 4 aromatic carbocycles. The zero-order valence-corrected chi connectivity index (χ0v) is 16.8. The van der Waals surface area contributed by atoms with E-state index < -0.39 is 0 Å². The third-order valence-electron chi connectivity index (χ3n) is 5.29. The molecule has 0 unspecified atom stereocenters. The lowest BCUT2D eigenvalue weighted by Gasteiger charge is -2.10. The van der Waals surface area contributed by atoms with Gasteiger partial charge in [-0.1, -0.05) is 42.5 Å². The Hall–Kier alpha value is -3.92. The SMILES string of the molecule is Cc1ccc2oc(-c3ccc(C)c(NC(=O)c4ccc5ccccc5c4)c3)nc2c1. The van der Waals surface area contributed by atoms with Crippen molar-refractivity contribution in [2.24, 2.45) is 0 Å². The van der Waals surface area contributed by atoms with Crippen LogP contribution in [0.1, 0.15) is 21.5 Å². The normalized spacial score (nSPS) is 11.1. The van der Waals surface area contributed by atoms with Gasteiger partial charge < -0.3 is 9.73 Å². The smallest absolute Gasteiger partial charge is 0.255 e. The van der Waals surface area contributed by atoms with Crippen LogP contribution in [0, 0.1) is 13.8 Å². The number of anilines is 1. The van der Waals surface area contributed by atoms with E-state index in [0.717, 1.165) is 44.2 Å². The summed E-state index contributed by atoms with van der Waals surface area (Å²) < 4.78 is 5.92. The lowest BCUT2D eigenvalue weighted by molar-refractivity contribution is 0.102. The number of oxazole rings is 1. The first-order valence-corrected chi connectivity index (χ1v) is 9.85. The first-order chi connectivity index (χ1) is 14.6. The number of benzene rings is 4. The van der Waals surface area contributed by atoms with Gasteiger partial charge in [0.05, 0.1) is 0 Å². The van der Waals surface area contributed by atoms with Crippen LogP contribution in [-0.2, 0) is 0 Å². The number of hydrogen-bond donors (Lipinski definition) is 1. The summed E-state index contributed by atoms with van der Waals surface area (Å²) in [5.41, 5.74) is 5.86. The van der Waals surface area contributed by atoms with Crippen LogP contribution in [0.4, 0.5) is 5.69 Å². The molecule has 0 fully saturated rings. The van der Waals surface area contributed by atoms with Gasteiger partial charge in [0.1, 0.15) is 5.52 Å². The van der Waals surface area contributed by atoms with E-state index in [2.05, 4.69) is 10.3 Å². The highest BCUT2D eigenvalue weighted by molar-refractivity contribution is 6.07. The first-order valence-electron chi connectivity index (χ1n) is 9.85. The Balaban J connectivity index is 1.47. The van der Waals surface area contributed by atoms with Crippen LogP contribution in [-0.4, -0.2) is 10.9 Å². The monoisotopic (exact) mass is 392 g/mol. The Morgan fingerprint density at radius 1 is 0.867 bits per heavy atom. The molecule has 0 spiro atoms. The predicted octanol–water partition coefficient (Wildman–Crippen LogP) is 6.52. The van der Waals surface area contributed by atoms with Gasteiger partial charge in [0.25, 0.3) is 5.91 Å². The number of fused-ring (bicyclic) bond motifs is 2. The van der Waals surface area contributed by atoms with Gasteiger partial charge >= 0.3 is 0 Å². The van der Waals surface area contributed by atoms with E-state index in [1.807, 2.05) is 92.7 Å². The second kappa shape index (κ2) is 7.16. The molecule has 1 heterocycles. The molecule has 1 amide bonds. The Labute approximate surface area is 174 Å². The molecule has 4 heteroatoms. The summed E-state index contributed by atoms with van der Waals surface area (Å²) in [5.74, 6) is 0.394. The van der Waals surface area contributed by atoms with E-state index in [1.54, 1.807) is 0 Å². The third-order valence-corrected chi connectivity index (χ3v) is 5.29. The molecule has 146 valence electrons. The molecule has 5 aromatic rings. The number of hydrogen-bond acceptors (Lipinski definition) is 3. The molecule has 4 nitrogen and oxygen atoms in total. The lowest BCUT2D eigenvalue weighted by atomic mass is 10.1. The molecule has 5 rings (SSSR count). The Kier molecular flexibility index (Phi) is 4.32. The van der Waals surface area contributed by atoms with Crippen LogP contribution >= 0.6 is 0 Å². The van der Waals surface area contributed by atoms with Gasteiger partial charge in [-0.2, -0.15) is 0 Å². The molecule has 0 bridgehead atoms. The number of aromatic nitrogens is 1. The molecule has 0 aliphatic carbocycles. The van der Waals surface area contributed by atoms with Crippen molar-refractivity contribution in [1.29, 1.82) is 0 Å². The third kappa shape index (κ3) is 3.33. The molecule has 1 aromatic heterocycles. The average Bonchev–Trinajstić information content (AvgIpc) is 3.18. The summed E-state index contributed by atoms with van der Waals surface area (Å²) in [6.45, 7) is 4.00. The van der Waals surface area contributed by atoms with Crippen LogP contribution in [0.2, 0.25) is 0 Å². The fourth-order valence-corrected chi connectivity index (χ4v) is 3.58. The molecular weight excluding hydrogens is 372 g/mol. The molecule has 0 radical (unpaired) electrons. The van der Waals surface area contributed by atoms with Crippen molar-refractivity contribution in [3.63, 3.8) is 0 Å². The van der Waals surface area contributed by atoms with Crippen molar-refractivity contribution >= 4 is 33.5 Å². The zero-order chi connectivity index (χ0) is 20.7. The maximum absolute atomic E-state index is 12.9. The van der Waals surface area contributed by atoms with Crippen LogP contribution in [0.5, 0.6) is 0 Å². The minimum absolute atomic E-state index is 0.144. The van der Waals surface area contributed by atoms with Crippen molar-refractivity contribution in [2.45, 2.75) is 13.8 Å². The highest BCUT2D eigenvalue weighted by atomic mass is 16.3. The van der Waals surface area contributed by atoms with Gasteiger partial charge in [-0.25, -0.2) is 4.98 Å². The first kappa shape index (κ1) is 18.1. The maximum atomic E-state index is 12.9. The van der Waals surface area contributed by atoms with Crippen LogP contribution < -0.4 is 5.32 Å². The highest BCUT2D eigenvalue weighted by Gasteiger charge is 2.13. The van der Waals surface area contributed by atoms with Crippen molar-refractivity contribution in [3.05, 3.63) is 95.6 Å². The van der Waals surface area contributed by atoms with Crippen LogP contribution in [0.15, 0.2) is 83.3 Å². The van der Waals surface area contributed by atoms with Gasteiger partial charge in [0, 0.05) is 16.8 Å². The summed E-state index contributed by atoms with van der Waals surface area (Å²) in [4.78, 5) is 17.5. The van der Waals surface area contributed by atoms with Crippen molar-refractivity contribution in [2.75, 3.05) is 5.32 Å². The van der Waals surface area contributed by atoms with E-state index in [0.29, 0.717) is 11.5 Å². The van der Waals surface area contributed by atoms with Crippen LogP contribution in [0.25, 0.3) is 33.3 Å². The number of carbonyl (C=O) groups is 1. The maximum Gasteiger partial charge on any atom is 0.255 e. The number of rotatable bonds is 3. The number of aryl methyl sites for hydroxylation is 2. The van der Waals surface area contributed by atoms with Crippen molar-refractivity contribution < 1.29 is 9.21 Å². The topological polar surface area (TPSA) is 55.1 Å². The predicted molar refractivity (Wildman–Crippen MR) is 121 cm³/mol. The summed E-state index contributed by atoms with van der Waals surface area (Å²) in [6.07, 6.45) is 0. The molecule has 0 aliphatic heterocycles. The second-order valence-corrected chi connectivity index (χ2v) is 7.54. The fourth-order valence-electron chi connectivity index (χ4n) is 3.58. The number of nitrogens with one attached hydrogen (secondary N) is 1. The number of carbonyl (C=O) groups excluding carboxylic acids is 1. The molecule has 30 heavy (non-hydrogen) atoms. The summed E-state index contributed by atoms with van der Waals surface area (Å²) in [7, 11) is 0. The standard InChI is InChI=1S/C26H20N2O2/c1-16-7-12-24-23(13-16)28-26(30-24)21-9-8-17(2)22(15-21)27-25(29)20-11-10-18-5-3-4-6-19(18)14-20/h3-15H,1-2H3,(H,27,29). The van der Waals surface area contributed by atoms with Gasteiger partial charge in [-0.05, 0) is 72.1 Å². The minimum Gasteiger partial charge on any atom is -0.436 e. The van der Waals surface area contributed by atoms with E-state index in [9.17, 15) is 4.79 Å². The number of amides is 1. The molecule has 0 aliphatic rings. The van der Waals surface area contributed by atoms with Gasteiger partial charge in [-0.3, -0.25) is 4.79 Å². The van der Waals surface area contributed by atoms with E-state index in [4.69, 9.17) is 4.42 Å². The van der Waals surface area contributed by atoms with Crippen molar-refractivity contribution in [3.8, 4) is 11.5 Å². The summed E-state index contributed by atoms with van der Waals surface area (Å²) >= 11 is 0. The zero-order valence-electron chi connectivity index (χ0n) is 16.8. The van der Waals surface area contributed by atoms with Gasteiger partial charge in [0.15, 0.2) is 5.58 Å². The van der Waals surface area contributed by atoms with Gasteiger partial charge in [0.2, 0.25) is 5.89 Å². The van der Waals surface area contributed by atoms with E-state index in [1.165, 1.54) is 0 Å². The second-order valence-electron chi connectivity index (χ2n) is 7.54. The fraction of sp³-hybridized carbons (Fsp3) is 0.0769. The van der Waals surface area contributed by atoms with Gasteiger partial charge in [-0.15, -0.1) is 0 Å². The molecular formula is C26H20N2O2. The Morgan fingerprint density at radius 3 is 2.57 bits per heavy atom. The minimum atomic E-state index is -0.144. The number of nitrogens with zero attached hydrogens (tertiary/aromatic N) is 1. The van der Waals surface area contributed by atoms with E-state index >= 15 is 0 Å². The summed E-state index contributed by atoms with van der Waals surface area (Å²) in [6, 6.07) is 25.5. The average molecular weight is 392 g/mol. The quantitative estimate of drug-likeness (QED) is 0.380. The molecule has 0 saturated heterocycles. The molecule has 0 atom stereocenters. The Morgan fingerprint density at radius 2 is 1.70 bits per heavy atom. The van der Waals surface area contributed by atoms with Crippen LogP contribution in [0.3, 0.4) is 0 Å². The lowest BCUT2D eigenvalue weighted by Crippen LogP contribution is -2.12. The van der Waals surface area contributed by atoms with E-state index in [-0.39, 0.29) is 5.91 Å². The summed E-state index contributed by atoms with van der Waals surface area (Å²) in [5, 5.41) is 5.18. The Bertz CT molecular complexity index is 1420. The molecule has 1 N–H and O–H groups in total.